The van der Waals surface area contributed by atoms with Crippen molar-refractivity contribution in [3.8, 4) is 0 Å². The first-order valence-corrected chi connectivity index (χ1v) is 5.09. The van der Waals surface area contributed by atoms with Crippen molar-refractivity contribution in [2.45, 2.75) is 0 Å². The van der Waals surface area contributed by atoms with E-state index in [1.807, 2.05) is 0 Å². The Kier molecular flexibility index (Phi) is 4.87. The van der Waals surface area contributed by atoms with Gasteiger partial charge in [0.25, 0.3) is 5.91 Å². The van der Waals surface area contributed by atoms with Crippen molar-refractivity contribution in [1.29, 1.82) is 0 Å². The smallest absolute Gasteiger partial charge is 0.329 e. The Hall–Kier alpha value is -1.47. The number of nitrogens with zero attached hydrogens (tertiary/aromatic N) is 1. The molecule has 0 saturated carbocycles. The maximum absolute atomic E-state index is 11.3. The minimum absolute atomic E-state index is 0.324. The van der Waals surface area contributed by atoms with Crippen LogP contribution < -0.4 is 5.32 Å². The van der Waals surface area contributed by atoms with Crippen molar-refractivity contribution in [2.75, 3.05) is 18.5 Å². The molecule has 1 aromatic heterocycles. The molecule has 0 aromatic carbocycles. The summed E-state index contributed by atoms with van der Waals surface area (Å²) >= 11 is 3.20. The quantitative estimate of drug-likeness (QED) is 0.840. The van der Waals surface area contributed by atoms with Crippen LogP contribution in [0.2, 0.25) is 0 Å². The fourth-order valence-electron chi connectivity index (χ4n) is 0.877. The van der Waals surface area contributed by atoms with Gasteiger partial charge in [0.05, 0.1) is 4.47 Å². The van der Waals surface area contributed by atoms with E-state index in [0.29, 0.717) is 10.3 Å². The number of halogens is 1. The molecule has 0 atom stereocenters. The van der Waals surface area contributed by atoms with Crippen LogP contribution in [0.4, 0.5) is 5.82 Å². The Morgan fingerprint density at radius 1 is 1.50 bits per heavy atom. The number of carbonyl (C=O) groups excluding carboxylic acids is 1. The Morgan fingerprint density at radius 3 is 2.88 bits per heavy atom. The molecule has 1 rings (SSSR count). The van der Waals surface area contributed by atoms with Gasteiger partial charge in [-0.2, -0.15) is 0 Å². The van der Waals surface area contributed by atoms with Gasteiger partial charge in [0, 0.05) is 6.20 Å². The van der Waals surface area contributed by atoms with Crippen LogP contribution in [0, 0.1) is 0 Å². The van der Waals surface area contributed by atoms with Gasteiger partial charge in [-0.1, -0.05) is 0 Å². The van der Waals surface area contributed by atoms with Gasteiger partial charge >= 0.3 is 5.97 Å². The van der Waals surface area contributed by atoms with Gasteiger partial charge in [0.1, 0.15) is 19.0 Å². The summed E-state index contributed by atoms with van der Waals surface area (Å²) in [7, 11) is 0. The third-order valence-electron chi connectivity index (χ3n) is 1.47. The second-order valence-corrected chi connectivity index (χ2v) is 3.62. The maximum atomic E-state index is 11.3. The lowest BCUT2D eigenvalue weighted by Crippen LogP contribution is -2.21. The zero-order valence-corrected chi connectivity index (χ0v) is 9.73. The van der Waals surface area contributed by atoms with E-state index in [1.54, 1.807) is 12.1 Å². The van der Waals surface area contributed by atoms with E-state index in [-0.39, 0.29) is 6.61 Å². The van der Waals surface area contributed by atoms with Crippen LogP contribution >= 0.6 is 15.9 Å². The summed E-state index contributed by atoms with van der Waals surface area (Å²) in [4.78, 5) is 25.3. The number of carboxylic acids is 1. The molecule has 1 heterocycles. The van der Waals surface area contributed by atoms with E-state index in [2.05, 4.69) is 31.0 Å². The molecular formula is C9H9BrN2O4. The van der Waals surface area contributed by atoms with E-state index >= 15 is 0 Å². The van der Waals surface area contributed by atoms with Gasteiger partial charge in [-0.05, 0) is 28.1 Å². The molecule has 0 unspecified atom stereocenters. The van der Waals surface area contributed by atoms with E-state index in [4.69, 9.17) is 5.11 Å². The molecule has 0 radical (unpaired) electrons. The lowest BCUT2D eigenvalue weighted by molar-refractivity contribution is -0.143. The van der Waals surface area contributed by atoms with Crippen molar-refractivity contribution in [3.63, 3.8) is 0 Å². The van der Waals surface area contributed by atoms with Gasteiger partial charge in [-0.3, -0.25) is 4.79 Å². The minimum Gasteiger partial charge on any atom is -0.480 e. The molecule has 2 N–H and O–H groups in total. The first-order chi connectivity index (χ1) is 7.59. The Balaban J connectivity index is 2.40. The molecule has 1 amide bonds. The standard InChI is InChI=1S/C9H9BrN2O4/c10-6-2-1-3-11-9(6)12-7(13)4-16-5-8(14)15/h1-3H,4-5H2,(H,14,15)(H,11,12,13). The summed E-state index contributed by atoms with van der Waals surface area (Å²) in [5, 5.41) is 10.8. The second-order valence-electron chi connectivity index (χ2n) is 2.77. The van der Waals surface area contributed by atoms with Crippen LogP contribution in [0.5, 0.6) is 0 Å². The Labute approximate surface area is 99.8 Å². The van der Waals surface area contributed by atoms with Crippen molar-refractivity contribution >= 4 is 33.6 Å². The summed E-state index contributed by atoms with van der Waals surface area (Å²) in [6, 6.07) is 3.43. The molecule has 16 heavy (non-hydrogen) atoms. The number of hydrogen-bond donors (Lipinski definition) is 2. The largest absolute Gasteiger partial charge is 0.480 e. The number of carboxylic acid groups (broad SMARTS) is 1. The highest BCUT2D eigenvalue weighted by Gasteiger charge is 2.07. The molecule has 1 aromatic rings. The third-order valence-corrected chi connectivity index (χ3v) is 2.11. The third kappa shape index (κ3) is 4.37. The molecule has 0 aliphatic carbocycles. The van der Waals surface area contributed by atoms with Crippen molar-refractivity contribution in [1.82, 2.24) is 4.98 Å². The molecule has 0 aliphatic rings. The van der Waals surface area contributed by atoms with Gasteiger partial charge < -0.3 is 15.2 Å². The van der Waals surface area contributed by atoms with Crippen LogP contribution in [0.25, 0.3) is 0 Å². The van der Waals surface area contributed by atoms with E-state index in [0.717, 1.165) is 0 Å². The zero-order valence-electron chi connectivity index (χ0n) is 8.14. The highest BCUT2D eigenvalue weighted by molar-refractivity contribution is 9.10. The predicted octanol–water partition coefficient (Wildman–Crippen LogP) is 0.884. The molecule has 7 heteroatoms. The number of anilines is 1. The first kappa shape index (κ1) is 12.6. The van der Waals surface area contributed by atoms with E-state index < -0.39 is 18.5 Å². The Morgan fingerprint density at radius 2 is 2.25 bits per heavy atom. The van der Waals surface area contributed by atoms with Gasteiger partial charge in [-0.15, -0.1) is 0 Å². The molecule has 0 bridgehead atoms. The number of aromatic nitrogens is 1. The summed E-state index contributed by atoms with van der Waals surface area (Å²) in [6.45, 7) is -0.827. The number of amides is 1. The maximum Gasteiger partial charge on any atom is 0.329 e. The Bertz CT molecular complexity index is 397. The molecule has 0 spiro atoms. The van der Waals surface area contributed by atoms with Crippen LogP contribution in [0.15, 0.2) is 22.8 Å². The summed E-state index contributed by atoms with van der Waals surface area (Å²) in [5.41, 5.74) is 0. The van der Waals surface area contributed by atoms with E-state index in [1.165, 1.54) is 6.20 Å². The molecule has 0 aliphatic heterocycles. The molecule has 6 nitrogen and oxygen atoms in total. The summed E-state index contributed by atoms with van der Waals surface area (Å²) < 4.78 is 5.25. The molecular weight excluding hydrogens is 280 g/mol. The lowest BCUT2D eigenvalue weighted by atomic mass is 10.4. The fraction of sp³-hybridized carbons (Fsp3) is 0.222. The average molecular weight is 289 g/mol. The van der Waals surface area contributed by atoms with Crippen LogP contribution in [0.1, 0.15) is 0 Å². The summed E-state index contributed by atoms with van der Waals surface area (Å²) in [6.07, 6.45) is 1.53. The highest BCUT2D eigenvalue weighted by Crippen LogP contribution is 2.17. The molecule has 0 saturated heterocycles. The minimum atomic E-state index is -1.12. The molecule has 0 fully saturated rings. The molecule has 86 valence electrons. The highest BCUT2D eigenvalue weighted by atomic mass is 79.9. The number of nitrogens with one attached hydrogen (secondary N) is 1. The number of hydrogen-bond acceptors (Lipinski definition) is 4. The number of pyridine rings is 1. The van der Waals surface area contributed by atoms with Crippen LogP contribution in [-0.2, 0) is 14.3 Å². The van der Waals surface area contributed by atoms with Gasteiger partial charge in [0.15, 0.2) is 0 Å². The summed E-state index contributed by atoms with van der Waals surface area (Å²) in [5.74, 6) is -1.21. The van der Waals surface area contributed by atoms with Crippen molar-refractivity contribution in [3.05, 3.63) is 22.8 Å². The topological polar surface area (TPSA) is 88.5 Å². The zero-order chi connectivity index (χ0) is 12.0. The van der Waals surface area contributed by atoms with E-state index in [9.17, 15) is 9.59 Å². The predicted molar refractivity (Wildman–Crippen MR) is 59.0 cm³/mol. The number of ether oxygens (including phenoxy) is 1. The normalized spacial score (nSPS) is 9.81. The first-order valence-electron chi connectivity index (χ1n) is 4.29. The second kappa shape index (κ2) is 6.19. The number of aliphatic carboxylic acids is 1. The van der Waals surface area contributed by atoms with Crippen molar-refractivity contribution < 1.29 is 19.4 Å². The van der Waals surface area contributed by atoms with Gasteiger partial charge in [0.2, 0.25) is 0 Å². The monoisotopic (exact) mass is 288 g/mol. The fourth-order valence-corrected chi connectivity index (χ4v) is 1.23. The average Bonchev–Trinajstić information content (AvgIpc) is 2.21. The van der Waals surface area contributed by atoms with Crippen molar-refractivity contribution in [2.24, 2.45) is 0 Å². The lowest BCUT2D eigenvalue weighted by Gasteiger charge is -2.05. The van der Waals surface area contributed by atoms with Crippen LogP contribution in [0.3, 0.4) is 0 Å². The van der Waals surface area contributed by atoms with Crippen LogP contribution in [-0.4, -0.2) is 35.2 Å². The number of rotatable bonds is 5. The number of carbonyl (C=O) groups is 2. The van der Waals surface area contributed by atoms with Gasteiger partial charge in [-0.25, -0.2) is 9.78 Å². The SMILES string of the molecule is O=C(O)COCC(=O)Nc1ncccc1Br.